The van der Waals surface area contributed by atoms with E-state index in [1.165, 1.54) is 11.1 Å². The first-order chi connectivity index (χ1) is 17.2. The standard InChI is InChI=1S/C33H28O2/c1-25-12-14-28(15-13-25)30-18-21-33(35-24-27-10-6-3-7-11-27)32(22-30)29-16-19-31(20-17-29)34-23-26-8-4-2-5-9-26/h2-22H,23-24H2,1H3. The maximum atomic E-state index is 6.29. The Morgan fingerprint density at radius 2 is 1.03 bits per heavy atom. The molecule has 0 unspecified atom stereocenters. The van der Waals surface area contributed by atoms with Gasteiger partial charge in [0.05, 0.1) is 0 Å². The van der Waals surface area contributed by atoms with Gasteiger partial charge in [0.1, 0.15) is 24.7 Å². The van der Waals surface area contributed by atoms with Crippen molar-refractivity contribution in [1.82, 2.24) is 0 Å². The first-order valence-electron chi connectivity index (χ1n) is 11.9. The summed E-state index contributed by atoms with van der Waals surface area (Å²) in [5.74, 6) is 1.71. The van der Waals surface area contributed by atoms with E-state index in [1.54, 1.807) is 0 Å². The Morgan fingerprint density at radius 3 is 1.66 bits per heavy atom. The van der Waals surface area contributed by atoms with E-state index < -0.39 is 0 Å². The summed E-state index contributed by atoms with van der Waals surface area (Å²) >= 11 is 0. The van der Waals surface area contributed by atoms with Crippen LogP contribution in [-0.2, 0) is 13.2 Å². The van der Waals surface area contributed by atoms with E-state index in [2.05, 4.69) is 85.8 Å². The summed E-state index contributed by atoms with van der Waals surface area (Å²) < 4.78 is 12.3. The third-order valence-electron chi connectivity index (χ3n) is 6.02. The predicted octanol–water partition coefficient (Wildman–Crippen LogP) is 8.49. The number of benzene rings is 5. The zero-order chi connectivity index (χ0) is 23.9. The van der Waals surface area contributed by atoms with Crippen LogP contribution >= 0.6 is 0 Å². The maximum Gasteiger partial charge on any atom is 0.127 e. The van der Waals surface area contributed by atoms with Gasteiger partial charge in [-0.05, 0) is 59.0 Å². The molecule has 0 aliphatic rings. The first-order valence-corrected chi connectivity index (χ1v) is 11.9. The average molecular weight is 457 g/mol. The van der Waals surface area contributed by atoms with Gasteiger partial charge in [-0.15, -0.1) is 0 Å². The largest absolute Gasteiger partial charge is 0.489 e. The Kier molecular flexibility index (Phi) is 6.91. The molecule has 35 heavy (non-hydrogen) atoms. The van der Waals surface area contributed by atoms with E-state index in [1.807, 2.05) is 48.5 Å². The van der Waals surface area contributed by atoms with Crippen LogP contribution in [0.2, 0.25) is 0 Å². The molecule has 0 heterocycles. The number of rotatable bonds is 8. The molecule has 2 nitrogen and oxygen atoms in total. The number of ether oxygens (including phenoxy) is 2. The second-order valence-electron chi connectivity index (χ2n) is 8.65. The van der Waals surface area contributed by atoms with Gasteiger partial charge in [0.2, 0.25) is 0 Å². The minimum Gasteiger partial charge on any atom is -0.489 e. The molecule has 0 amide bonds. The molecule has 0 fully saturated rings. The summed E-state index contributed by atoms with van der Waals surface area (Å²) in [6.45, 7) is 3.18. The van der Waals surface area contributed by atoms with Crippen LogP contribution < -0.4 is 9.47 Å². The van der Waals surface area contributed by atoms with E-state index in [9.17, 15) is 0 Å². The van der Waals surface area contributed by atoms with Crippen molar-refractivity contribution in [3.8, 4) is 33.8 Å². The van der Waals surface area contributed by atoms with Crippen LogP contribution in [0.15, 0.2) is 127 Å². The lowest BCUT2D eigenvalue weighted by molar-refractivity contribution is 0.306. The lowest BCUT2D eigenvalue weighted by Crippen LogP contribution is -1.98. The molecule has 5 aromatic rings. The van der Waals surface area contributed by atoms with Crippen molar-refractivity contribution in [2.45, 2.75) is 20.1 Å². The van der Waals surface area contributed by atoms with Gasteiger partial charge in [0.15, 0.2) is 0 Å². The molecule has 0 radical (unpaired) electrons. The van der Waals surface area contributed by atoms with Crippen LogP contribution in [0.25, 0.3) is 22.3 Å². The second kappa shape index (κ2) is 10.8. The highest BCUT2D eigenvalue weighted by atomic mass is 16.5. The van der Waals surface area contributed by atoms with Gasteiger partial charge >= 0.3 is 0 Å². The van der Waals surface area contributed by atoms with Crippen LogP contribution in [0.4, 0.5) is 0 Å². The van der Waals surface area contributed by atoms with Crippen molar-refractivity contribution in [1.29, 1.82) is 0 Å². The van der Waals surface area contributed by atoms with E-state index >= 15 is 0 Å². The molecular weight excluding hydrogens is 428 g/mol. The Morgan fingerprint density at radius 1 is 0.486 bits per heavy atom. The quantitative estimate of drug-likeness (QED) is 0.233. The first kappa shape index (κ1) is 22.5. The van der Waals surface area contributed by atoms with Gasteiger partial charge in [0, 0.05) is 5.56 Å². The van der Waals surface area contributed by atoms with Crippen molar-refractivity contribution < 1.29 is 9.47 Å². The van der Waals surface area contributed by atoms with Crippen molar-refractivity contribution in [3.05, 3.63) is 144 Å². The Hall–Kier alpha value is -4.30. The number of hydrogen-bond acceptors (Lipinski definition) is 2. The average Bonchev–Trinajstić information content (AvgIpc) is 2.93. The summed E-state index contributed by atoms with van der Waals surface area (Å²) in [5.41, 5.74) is 8.06. The van der Waals surface area contributed by atoms with Gasteiger partial charge in [0.25, 0.3) is 0 Å². The highest BCUT2D eigenvalue weighted by Gasteiger charge is 2.10. The van der Waals surface area contributed by atoms with Crippen LogP contribution in [0.3, 0.4) is 0 Å². The fourth-order valence-corrected chi connectivity index (χ4v) is 4.01. The molecule has 0 aliphatic heterocycles. The van der Waals surface area contributed by atoms with E-state index in [-0.39, 0.29) is 0 Å². The van der Waals surface area contributed by atoms with Crippen molar-refractivity contribution in [3.63, 3.8) is 0 Å². The minimum absolute atomic E-state index is 0.524. The zero-order valence-electron chi connectivity index (χ0n) is 19.9. The summed E-state index contributed by atoms with van der Waals surface area (Å²) in [6, 6.07) is 43.8. The molecule has 0 N–H and O–H groups in total. The van der Waals surface area contributed by atoms with Crippen molar-refractivity contribution >= 4 is 0 Å². The van der Waals surface area contributed by atoms with Crippen LogP contribution in [0.1, 0.15) is 16.7 Å². The SMILES string of the molecule is Cc1ccc(-c2ccc(OCc3ccccc3)c(-c3ccc(OCc4ccccc4)cc3)c2)cc1. The molecule has 0 atom stereocenters. The lowest BCUT2D eigenvalue weighted by Gasteiger charge is -2.15. The molecule has 0 bridgehead atoms. The van der Waals surface area contributed by atoms with E-state index in [0.29, 0.717) is 13.2 Å². The van der Waals surface area contributed by atoms with Gasteiger partial charge in [-0.3, -0.25) is 0 Å². The summed E-state index contributed by atoms with van der Waals surface area (Å²) in [4.78, 5) is 0. The molecule has 0 aromatic heterocycles. The molecule has 0 spiro atoms. The number of hydrogen-bond donors (Lipinski definition) is 0. The fraction of sp³-hybridized carbons (Fsp3) is 0.0909. The van der Waals surface area contributed by atoms with Gasteiger partial charge < -0.3 is 9.47 Å². The predicted molar refractivity (Wildman–Crippen MR) is 144 cm³/mol. The smallest absolute Gasteiger partial charge is 0.127 e. The maximum absolute atomic E-state index is 6.29. The zero-order valence-corrected chi connectivity index (χ0v) is 19.9. The third kappa shape index (κ3) is 5.80. The fourth-order valence-electron chi connectivity index (χ4n) is 4.01. The monoisotopic (exact) mass is 456 g/mol. The molecular formula is C33H28O2. The minimum atomic E-state index is 0.524. The Labute approximate surface area is 207 Å². The van der Waals surface area contributed by atoms with Crippen LogP contribution in [-0.4, -0.2) is 0 Å². The second-order valence-corrected chi connectivity index (χ2v) is 8.65. The van der Waals surface area contributed by atoms with Gasteiger partial charge in [-0.1, -0.05) is 109 Å². The topological polar surface area (TPSA) is 18.5 Å². The molecule has 5 rings (SSSR count). The summed E-state index contributed by atoms with van der Waals surface area (Å²) in [7, 11) is 0. The number of aryl methyl sites for hydroxylation is 1. The Bertz CT molecular complexity index is 1360. The van der Waals surface area contributed by atoms with E-state index in [4.69, 9.17) is 9.47 Å². The molecule has 5 aromatic carbocycles. The van der Waals surface area contributed by atoms with Gasteiger partial charge in [-0.25, -0.2) is 0 Å². The van der Waals surface area contributed by atoms with E-state index in [0.717, 1.165) is 39.3 Å². The third-order valence-corrected chi connectivity index (χ3v) is 6.02. The highest BCUT2D eigenvalue weighted by molar-refractivity contribution is 5.78. The van der Waals surface area contributed by atoms with Crippen molar-refractivity contribution in [2.75, 3.05) is 0 Å². The normalized spacial score (nSPS) is 10.7. The summed E-state index contributed by atoms with van der Waals surface area (Å²) in [5, 5.41) is 0. The van der Waals surface area contributed by atoms with Crippen molar-refractivity contribution in [2.24, 2.45) is 0 Å². The highest BCUT2D eigenvalue weighted by Crippen LogP contribution is 2.36. The van der Waals surface area contributed by atoms with Crippen LogP contribution in [0.5, 0.6) is 11.5 Å². The Balaban J connectivity index is 1.42. The molecule has 0 saturated carbocycles. The molecule has 0 saturated heterocycles. The molecule has 172 valence electrons. The van der Waals surface area contributed by atoms with Gasteiger partial charge in [-0.2, -0.15) is 0 Å². The lowest BCUT2D eigenvalue weighted by atomic mass is 9.97. The summed E-state index contributed by atoms with van der Waals surface area (Å²) in [6.07, 6.45) is 0. The molecule has 2 heteroatoms. The van der Waals surface area contributed by atoms with Crippen LogP contribution in [0, 0.1) is 6.92 Å². The molecule has 0 aliphatic carbocycles.